The largest absolute Gasteiger partial charge is 0.493 e. The maximum atomic E-state index is 12.8. The van der Waals surface area contributed by atoms with Crippen molar-refractivity contribution in [2.45, 2.75) is 32.1 Å². The molecular formula is C22H31N2O3S+. The SMILES string of the molecule is Cc1ccc(S(=O)(=O)N2CC[NH+](CCCOc3cc(C)ccc3C)CC2)cc1. The van der Waals surface area contributed by atoms with Crippen LogP contribution in [0.25, 0.3) is 0 Å². The van der Waals surface area contributed by atoms with Gasteiger partial charge in [0, 0.05) is 6.42 Å². The van der Waals surface area contributed by atoms with Gasteiger partial charge in [-0.1, -0.05) is 29.8 Å². The highest BCUT2D eigenvalue weighted by Gasteiger charge is 2.30. The summed E-state index contributed by atoms with van der Waals surface area (Å²) in [7, 11) is -3.38. The predicted octanol–water partition coefficient (Wildman–Crippen LogP) is 1.97. The second-order valence-corrected chi connectivity index (χ2v) is 9.63. The number of hydrogen-bond donors (Lipinski definition) is 1. The summed E-state index contributed by atoms with van der Waals surface area (Å²) in [5.74, 6) is 0.962. The van der Waals surface area contributed by atoms with E-state index in [1.54, 1.807) is 16.4 Å². The molecule has 0 aromatic heterocycles. The van der Waals surface area contributed by atoms with E-state index in [2.05, 4.69) is 32.0 Å². The number of ether oxygens (including phenoxy) is 1. The second kappa shape index (κ2) is 9.07. The van der Waals surface area contributed by atoms with Crippen LogP contribution in [0.15, 0.2) is 47.4 Å². The summed E-state index contributed by atoms with van der Waals surface area (Å²) in [5.41, 5.74) is 3.43. The van der Waals surface area contributed by atoms with Gasteiger partial charge >= 0.3 is 0 Å². The van der Waals surface area contributed by atoms with E-state index in [4.69, 9.17) is 4.74 Å². The van der Waals surface area contributed by atoms with E-state index < -0.39 is 10.0 Å². The number of benzene rings is 2. The summed E-state index contributed by atoms with van der Waals surface area (Å²) in [6.45, 7) is 10.6. The Morgan fingerprint density at radius 3 is 2.29 bits per heavy atom. The van der Waals surface area contributed by atoms with Crippen molar-refractivity contribution in [1.82, 2.24) is 4.31 Å². The van der Waals surface area contributed by atoms with Gasteiger partial charge in [0.05, 0.1) is 44.2 Å². The first kappa shape index (κ1) is 20.8. The van der Waals surface area contributed by atoms with Crippen LogP contribution in [0.5, 0.6) is 5.75 Å². The minimum atomic E-state index is -3.38. The molecule has 0 aliphatic carbocycles. The van der Waals surface area contributed by atoms with Gasteiger partial charge < -0.3 is 9.64 Å². The fourth-order valence-corrected chi connectivity index (χ4v) is 4.96. The van der Waals surface area contributed by atoms with Crippen molar-refractivity contribution in [3.63, 3.8) is 0 Å². The first-order valence-corrected chi connectivity index (χ1v) is 11.4. The molecule has 28 heavy (non-hydrogen) atoms. The van der Waals surface area contributed by atoms with Crippen LogP contribution in [0.3, 0.4) is 0 Å². The summed E-state index contributed by atoms with van der Waals surface area (Å²) >= 11 is 0. The van der Waals surface area contributed by atoms with Crippen molar-refractivity contribution in [3.8, 4) is 5.75 Å². The van der Waals surface area contributed by atoms with Crippen molar-refractivity contribution < 1.29 is 18.1 Å². The van der Waals surface area contributed by atoms with Gasteiger partial charge in [-0.25, -0.2) is 8.42 Å². The number of aryl methyl sites for hydroxylation is 3. The molecular weight excluding hydrogens is 372 g/mol. The molecule has 1 saturated heterocycles. The fraction of sp³-hybridized carbons (Fsp3) is 0.455. The quantitative estimate of drug-likeness (QED) is 0.719. The Bertz CT molecular complexity index is 886. The summed E-state index contributed by atoms with van der Waals surface area (Å²) in [4.78, 5) is 1.84. The molecule has 0 amide bonds. The molecule has 0 unspecified atom stereocenters. The molecule has 0 spiro atoms. The van der Waals surface area contributed by atoms with E-state index in [9.17, 15) is 8.42 Å². The third-order valence-electron chi connectivity index (χ3n) is 5.36. The van der Waals surface area contributed by atoms with Gasteiger partial charge in [0.1, 0.15) is 5.75 Å². The Balaban J connectivity index is 1.44. The summed E-state index contributed by atoms with van der Waals surface area (Å²) < 4.78 is 33.1. The van der Waals surface area contributed by atoms with Crippen molar-refractivity contribution >= 4 is 10.0 Å². The maximum Gasteiger partial charge on any atom is 0.243 e. The molecule has 0 radical (unpaired) electrons. The first-order chi connectivity index (χ1) is 13.4. The van der Waals surface area contributed by atoms with Crippen LogP contribution in [-0.4, -0.2) is 52.1 Å². The molecule has 6 heteroatoms. The average molecular weight is 404 g/mol. The summed E-state index contributed by atoms with van der Waals surface area (Å²) in [6, 6.07) is 13.4. The molecule has 152 valence electrons. The van der Waals surface area contributed by atoms with Gasteiger partial charge in [-0.15, -0.1) is 0 Å². The highest BCUT2D eigenvalue weighted by Crippen LogP contribution is 2.19. The lowest BCUT2D eigenvalue weighted by Gasteiger charge is -2.31. The van der Waals surface area contributed by atoms with E-state index >= 15 is 0 Å². The van der Waals surface area contributed by atoms with Gasteiger partial charge in [0.25, 0.3) is 0 Å². The van der Waals surface area contributed by atoms with E-state index in [0.29, 0.717) is 24.6 Å². The third-order valence-corrected chi connectivity index (χ3v) is 7.28. The van der Waals surface area contributed by atoms with Crippen molar-refractivity contribution in [1.29, 1.82) is 0 Å². The van der Waals surface area contributed by atoms with Crippen LogP contribution in [0.1, 0.15) is 23.1 Å². The minimum absolute atomic E-state index is 0.392. The van der Waals surface area contributed by atoms with Gasteiger partial charge in [-0.05, 0) is 50.1 Å². The smallest absolute Gasteiger partial charge is 0.243 e. The molecule has 1 N–H and O–H groups in total. The molecule has 3 rings (SSSR count). The molecule has 5 nitrogen and oxygen atoms in total. The topological polar surface area (TPSA) is 51.0 Å². The number of rotatable bonds is 7. The standard InChI is InChI=1S/C22H30N2O3S/c1-18-6-9-21(10-7-18)28(25,26)24-14-12-23(13-15-24)11-4-16-27-22-17-19(2)5-8-20(22)3/h5-10,17H,4,11-16H2,1-3H3/p+1. The molecule has 0 atom stereocenters. The highest BCUT2D eigenvalue weighted by atomic mass is 32.2. The van der Waals surface area contributed by atoms with Gasteiger partial charge in [0.15, 0.2) is 0 Å². The number of nitrogens with one attached hydrogen (secondary N) is 1. The van der Waals surface area contributed by atoms with Crippen molar-refractivity contribution in [2.24, 2.45) is 0 Å². The lowest BCUT2D eigenvalue weighted by molar-refractivity contribution is -0.903. The second-order valence-electron chi connectivity index (χ2n) is 7.69. The van der Waals surface area contributed by atoms with Crippen molar-refractivity contribution in [3.05, 3.63) is 59.2 Å². The number of quaternary nitrogens is 1. The monoisotopic (exact) mass is 403 g/mol. The minimum Gasteiger partial charge on any atom is -0.493 e. The Morgan fingerprint density at radius 1 is 0.964 bits per heavy atom. The van der Waals surface area contributed by atoms with Gasteiger partial charge in [0.2, 0.25) is 10.0 Å². The molecule has 0 saturated carbocycles. The predicted molar refractivity (Wildman–Crippen MR) is 112 cm³/mol. The van der Waals surface area contributed by atoms with Crippen LogP contribution < -0.4 is 9.64 Å². The zero-order valence-corrected chi connectivity index (χ0v) is 17.9. The average Bonchev–Trinajstić information content (AvgIpc) is 2.68. The van der Waals surface area contributed by atoms with Gasteiger partial charge in [-0.3, -0.25) is 0 Å². The van der Waals surface area contributed by atoms with Crippen LogP contribution >= 0.6 is 0 Å². The van der Waals surface area contributed by atoms with E-state index in [-0.39, 0.29) is 0 Å². The van der Waals surface area contributed by atoms with Crippen LogP contribution in [0.4, 0.5) is 0 Å². The Morgan fingerprint density at radius 2 is 1.61 bits per heavy atom. The summed E-state index contributed by atoms with van der Waals surface area (Å²) in [5, 5.41) is 0. The number of piperazine rings is 1. The summed E-state index contributed by atoms with van der Waals surface area (Å²) in [6.07, 6.45) is 0.966. The van der Waals surface area contributed by atoms with E-state index in [1.165, 1.54) is 10.5 Å². The van der Waals surface area contributed by atoms with Crippen molar-refractivity contribution in [2.75, 3.05) is 39.3 Å². The fourth-order valence-electron chi connectivity index (χ4n) is 3.52. The molecule has 1 heterocycles. The van der Waals surface area contributed by atoms with Crippen LogP contribution in [0.2, 0.25) is 0 Å². The Labute approximate surface area is 169 Å². The molecule has 0 bridgehead atoms. The van der Waals surface area contributed by atoms with E-state index in [0.717, 1.165) is 42.9 Å². The highest BCUT2D eigenvalue weighted by molar-refractivity contribution is 7.89. The van der Waals surface area contributed by atoms with Gasteiger partial charge in [-0.2, -0.15) is 4.31 Å². The molecule has 1 fully saturated rings. The third kappa shape index (κ3) is 5.13. The molecule has 2 aromatic rings. The Kier molecular flexibility index (Phi) is 6.75. The van der Waals surface area contributed by atoms with Crippen LogP contribution in [-0.2, 0) is 10.0 Å². The van der Waals surface area contributed by atoms with Crippen LogP contribution in [0, 0.1) is 20.8 Å². The number of hydrogen-bond acceptors (Lipinski definition) is 3. The Hall–Kier alpha value is -1.89. The normalized spacial score (nSPS) is 16.2. The molecule has 1 aliphatic rings. The first-order valence-electron chi connectivity index (χ1n) is 9.97. The van der Waals surface area contributed by atoms with E-state index in [1.807, 2.05) is 19.1 Å². The lowest BCUT2D eigenvalue weighted by Crippen LogP contribution is -3.14. The lowest BCUT2D eigenvalue weighted by atomic mass is 10.1. The number of sulfonamides is 1. The number of nitrogens with zero attached hydrogens (tertiary/aromatic N) is 1. The maximum absolute atomic E-state index is 12.8. The molecule has 2 aromatic carbocycles. The zero-order valence-electron chi connectivity index (χ0n) is 17.1. The molecule has 1 aliphatic heterocycles. The zero-order chi connectivity index (χ0) is 20.1.